The number of rotatable bonds is 4. The molecule has 0 bridgehead atoms. The highest BCUT2D eigenvalue weighted by atomic mass is 16.5. The molecule has 1 aromatic rings. The van der Waals surface area contributed by atoms with Crippen LogP contribution in [0.5, 0.6) is 5.75 Å². The van der Waals surface area contributed by atoms with Gasteiger partial charge >= 0.3 is 5.97 Å². The standard InChI is InChI=1S/C12H12O4/c1-8(14)5-11-4-3-10(7-13)6-12(11)16-9(2)15/h3-4,6-7H,5H2,1-2H3. The fraction of sp³-hybridized carbons (Fsp3) is 0.250. The number of benzene rings is 1. The number of carbonyl (C=O) groups is 3. The van der Waals surface area contributed by atoms with Crippen molar-refractivity contribution in [3.8, 4) is 5.75 Å². The number of aldehydes is 1. The van der Waals surface area contributed by atoms with Crippen LogP contribution in [0.1, 0.15) is 29.8 Å². The molecule has 4 heteroatoms. The van der Waals surface area contributed by atoms with Crippen LogP contribution < -0.4 is 4.74 Å². The van der Waals surface area contributed by atoms with E-state index in [1.54, 1.807) is 12.1 Å². The Kier molecular flexibility index (Phi) is 3.94. The van der Waals surface area contributed by atoms with E-state index in [9.17, 15) is 14.4 Å². The maximum Gasteiger partial charge on any atom is 0.308 e. The molecule has 0 amide bonds. The van der Waals surface area contributed by atoms with Crippen molar-refractivity contribution < 1.29 is 19.1 Å². The van der Waals surface area contributed by atoms with E-state index >= 15 is 0 Å². The van der Waals surface area contributed by atoms with Crippen LogP contribution in [0.25, 0.3) is 0 Å². The third-order valence-electron chi connectivity index (χ3n) is 1.92. The first-order chi connectivity index (χ1) is 7.52. The molecular formula is C12H12O4. The first-order valence-corrected chi connectivity index (χ1v) is 4.79. The zero-order valence-corrected chi connectivity index (χ0v) is 9.15. The predicted octanol–water partition coefficient (Wildman–Crippen LogP) is 1.56. The van der Waals surface area contributed by atoms with Crippen LogP contribution in [-0.2, 0) is 16.0 Å². The quantitative estimate of drug-likeness (QED) is 0.439. The highest BCUT2D eigenvalue weighted by Gasteiger charge is 2.09. The van der Waals surface area contributed by atoms with Gasteiger partial charge in [0.25, 0.3) is 0 Å². The van der Waals surface area contributed by atoms with Crippen LogP contribution in [0.3, 0.4) is 0 Å². The zero-order chi connectivity index (χ0) is 12.1. The summed E-state index contributed by atoms with van der Waals surface area (Å²) >= 11 is 0. The van der Waals surface area contributed by atoms with Gasteiger partial charge in [0.15, 0.2) is 0 Å². The Hall–Kier alpha value is -1.97. The Balaban J connectivity index is 3.09. The van der Waals surface area contributed by atoms with Gasteiger partial charge in [-0.1, -0.05) is 12.1 Å². The van der Waals surface area contributed by atoms with Crippen molar-refractivity contribution in [2.45, 2.75) is 20.3 Å². The Bertz CT molecular complexity index is 435. The predicted molar refractivity (Wildman–Crippen MR) is 57.5 cm³/mol. The molecule has 4 nitrogen and oxygen atoms in total. The summed E-state index contributed by atoms with van der Waals surface area (Å²) < 4.78 is 4.94. The molecule has 0 radical (unpaired) electrons. The summed E-state index contributed by atoms with van der Waals surface area (Å²) in [6.45, 7) is 2.72. The smallest absolute Gasteiger partial charge is 0.308 e. The number of ketones is 1. The Labute approximate surface area is 93.2 Å². The molecule has 0 saturated carbocycles. The van der Waals surface area contributed by atoms with E-state index in [4.69, 9.17) is 4.74 Å². The highest BCUT2D eigenvalue weighted by Crippen LogP contribution is 2.21. The fourth-order valence-corrected chi connectivity index (χ4v) is 1.31. The van der Waals surface area contributed by atoms with Crippen LogP contribution in [0.15, 0.2) is 18.2 Å². The number of hydrogen-bond donors (Lipinski definition) is 0. The summed E-state index contributed by atoms with van der Waals surface area (Å²) in [5, 5.41) is 0. The number of ether oxygens (including phenoxy) is 1. The van der Waals surface area contributed by atoms with Crippen LogP contribution in [-0.4, -0.2) is 18.0 Å². The molecule has 0 aliphatic rings. The zero-order valence-electron chi connectivity index (χ0n) is 9.15. The summed E-state index contributed by atoms with van der Waals surface area (Å²) in [4.78, 5) is 32.4. The molecule has 1 rings (SSSR count). The maximum atomic E-state index is 11.0. The van der Waals surface area contributed by atoms with Gasteiger partial charge in [-0.05, 0) is 13.0 Å². The van der Waals surface area contributed by atoms with Crippen molar-refractivity contribution in [1.29, 1.82) is 0 Å². The molecule has 0 saturated heterocycles. The minimum Gasteiger partial charge on any atom is -0.426 e. The molecule has 1 aromatic carbocycles. The van der Waals surface area contributed by atoms with E-state index in [-0.39, 0.29) is 18.0 Å². The van der Waals surface area contributed by atoms with Crippen LogP contribution in [0.4, 0.5) is 0 Å². The fourth-order valence-electron chi connectivity index (χ4n) is 1.31. The maximum absolute atomic E-state index is 11.0. The Morgan fingerprint density at radius 3 is 2.50 bits per heavy atom. The molecule has 0 aliphatic carbocycles. The molecule has 0 aromatic heterocycles. The highest BCUT2D eigenvalue weighted by molar-refractivity contribution is 5.81. The Morgan fingerprint density at radius 2 is 2.00 bits per heavy atom. The van der Waals surface area contributed by atoms with Gasteiger partial charge in [-0.3, -0.25) is 14.4 Å². The van der Waals surface area contributed by atoms with Crippen molar-refractivity contribution in [3.05, 3.63) is 29.3 Å². The minimum atomic E-state index is -0.479. The summed E-state index contributed by atoms with van der Waals surface area (Å²) in [6, 6.07) is 4.65. The van der Waals surface area contributed by atoms with Crippen molar-refractivity contribution in [3.63, 3.8) is 0 Å². The average molecular weight is 220 g/mol. The van der Waals surface area contributed by atoms with Gasteiger partial charge in [0.1, 0.15) is 17.8 Å². The number of hydrogen-bond acceptors (Lipinski definition) is 4. The van der Waals surface area contributed by atoms with Gasteiger partial charge in [-0.15, -0.1) is 0 Å². The van der Waals surface area contributed by atoms with E-state index in [0.29, 0.717) is 17.4 Å². The monoisotopic (exact) mass is 220 g/mol. The lowest BCUT2D eigenvalue weighted by atomic mass is 10.1. The summed E-state index contributed by atoms with van der Waals surface area (Å²) in [6.07, 6.45) is 0.840. The van der Waals surface area contributed by atoms with Crippen LogP contribution in [0, 0.1) is 0 Å². The van der Waals surface area contributed by atoms with Crippen molar-refractivity contribution in [2.75, 3.05) is 0 Å². The minimum absolute atomic E-state index is 0.0349. The molecule has 0 spiro atoms. The third kappa shape index (κ3) is 3.31. The molecule has 0 atom stereocenters. The van der Waals surface area contributed by atoms with Gasteiger partial charge in [-0.2, -0.15) is 0 Å². The number of Topliss-reactive ketones (excluding diaryl/α,β-unsaturated/α-hetero) is 1. The lowest BCUT2D eigenvalue weighted by molar-refractivity contribution is -0.132. The van der Waals surface area contributed by atoms with Crippen molar-refractivity contribution in [1.82, 2.24) is 0 Å². The average Bonchev–Trinajstić information content (AvgIpc) is 2.19. The van der Waals surface area contributed by atoms with Crippen molar-refractivity contribution in [2.24, 2.45) is 0 Å². The number of carbonyl (C=O) groups excluding carboxylic acids is 3. The van der Waals surface area contributed by atoms with Gasteiger partial charge < -0.3 is 4.74 Å². The van der Waals surface area contributed by atoms with Crippen LogP contribution >= 0.6 is 0 Å². The lowest BCUT2D eigenvalue weighted by Gasteiger charge is -2.08. The van der Waals surface area contributed by atoms with E-state index in [0.717, 1.165) is 0 Å². The van der Waals surface area contributed by atoms with Gasteiger partial charge in [0.05, 0.1) is 0 Å². The van der Waals surface area contributed by atoms with Gasteiger partial charge in [0.2, 0.25) is 0 Å². The summed E-state index contributed by atoms with van der Waals surface area (Å²) in [5.74, 6) is -0.243. The van der Waals surface area contributed by atoms with Crippen LogP contribution in [0.2, 0.25) is 0 Å². The molecule has 0 N–H and O–H groups in total. The van der Waals surface area contributed by atoms with Gasteiger partial charge in [-0.25, -0.2) is 0 Å². The molecule has 0 aliphatic heterocycles. The molecule has 0 heterocycles. The van der Waals surface area contributed by atoms with E-state index in [2.05, 4.69) is 0 Å². The Morgan fingerprint density at radius 1 is 1.31 bits per heavy atom. The second kappa shape index (κ2) is 5.21. The summed E-state index contributed by atoms with van der Waals surface area (Å²) in [5.41, 5.74) is 1.01. The molecular weight excluding hydrogens is 208 g/mol. The molecule has 84 valence electrons. The third-order valence-corrected chi connectivity index (χ3v) is 1.92. The lowest BCUT2D eigenvalue weighted by Crippen LogP contribution is -2.06. The van der Waals surface area contributed by atoms with E-state index < -0.39 is 5.97 Å². The van der Waals surface area contributed by atoms with Crippen molar-refractivity contribution >= 4 is 18.0 Å². The molecule has 0 fully saturated rings. The second-order valence-electron chi connectivity index (χ2n) is 3.46. The largest absolute Gasteiger partial charge is 0.426 e. The first kappa shape index (κ1) is 12.1. The summed E-state index contributed by atoms with van der Waals surface area (Å²) in [7, 11) is 0. The first-order valence-electron chi connectivity index (χ1n) is 4.79. The number of esters is 1. The normalized spacial score (nSPS) is 9.62. The SMILES string of the molecule is CC(=O)Cc1ccc(C=O)cc1OC(C)=O. The van der Waals surface area contributed by atoms with E-state index in [1.165, 1.54) is 19.9 Å². The van der Waals surface area contributed by atoms with E-state index in [1.807, 2.05) is 0 Å². The second-order valence-corrected chi connectivity index (χ2v) is 3.46. The molecule has 16 heavy (non-hydrogen) atoms. The molecule has 0 unspecified atom stereocenters. The topological polar surface area (TPSA) is 60.4 Å². The van der Waals surface area contributed by atoms with Gasteiger partial charge in [0, 0.05) is 24.5 Å².